The predicted octanol–water partition coefficient (Wildman–Crippen LogP) is 3.40. The molecule has 0 radical (unpaired) electrons. The highest BCUT2D eigenvalue weighted by atomic mass is 32.1. The van der Waals surface area contributed by atoms with Crippen molar-refractivity contribution in [1.29, 1.82) is 0 Å². The summed E-state index contributed by atoms with van der Waals surface area (Å²) in [5, 5.41) is 0. The van der Waals surface area contributed by atoms with E-state index in [1.807, 2.05) is 31.5 Å². The number of aryl methyl sites for hydroxylation is 2. The second kappa shape index (κ2) is 6.17. The Morgan fingerprint density at radius 1 is 1.37 bits per heavy atom. The first-order valence-corrected chi connectivity index (χ1v) is 7.34. The smallest absolute Gasteiger partial charge is 0.122 e. The zero-order valence-corrected chi connectivity index (χ0v) is 12.5. The average Bonchev–Trinajstić information content (AvgIpc) is 2.77. The van der Waals surface area contributed by atoms with Crippen molar-refractivity contribution in [3.05, 3.63) is 45.4 Å². The molecule has 1 aromatic carbocycles. The number of benzene rings is 1. The fourth-order valence-electron chi connectivity index (χ4n) is 1.94. The molecule has 19 heavy (non-hydrogen) atoms. The van der Waals surface area contributed by atoms with Crippen LogP contribution in [0.25, 0.3) is 0 Å². The Morgan fingerprint density at radius 3 is 2.74 bits per heavy atom. The van der Waals surface area contributed by atoms with E-state index in [0.717, 1.165) is 29.0 Å². The number of nitrogens with zero attached hydrogens (tertiary/aromatic N) is 1. The highest BCUT2D eigenvalue weighted by molar-refractivity contribution is 7.09. The summed E-state index contributed by atoms with van der Waals surface area (Å²) in [6, 6.07) is 6.20. The number of nitrogens with two attached hydrogens (primary N) is 1. The van der Waals surface area contributed by atoms with Crippen LogP contribution in [0.1, 0.15) is 34.7 Å². The summed E-state index contributed by atoms with van der Waals surface area (Å²) in [4.78, 5) is 5.54. The van der Waals surface area contributed by atoms with Gasteiger partial charge in [0, 0.05) is 17.3 Å². The van der Waals surface area contributed by atoms with E-state index in [2.05, 4.69) is 18.0 Å². The molecule has 2 N–H and O–H groups in total. The van der Waals surface area contributed by atoms with Gasteiger partial charge in [0.25, 0.3) is 0 Å². The van der Waals surface area contributed by atoms with Crippen LogP contribution in [0.5, 0.6) is 5.75 Å². The summed E-state index contributed by atoms with van der Waals surface area (Å²) in [5.41, 5.74) is 11.1. The Labute approximate surface area is 118 Å². The fourth-order valence-corrected chi connectivity index (χ4v) is 2.70. The van der Waals surface area contributed by atoms with Gasteiger partial charge < -0.3 is 10.5 Å². The van der Waals surface area contributed by atoms with Crippen molar-refractivity contribution in [2.24, 2.45) is 5.73 Å². The fraction of sp³-hybridized carbons (Fsp3) is 0.400. The lowest BCUT2D eigenvalue weighted by atomic mass is 10.1. The minimum absolute atomic E-state index is 0.0626. The number of hydrogen-bond donors (Lipinski definition) is 1. The zero-order chi connectivity index (χ0) is 13.8. The topological polar surface area (TPSA) is 48.1 Å². The highest BCUT2D eigenvalue weighted by Gasteiger charge is 2.06. The van der Waals surface area contributed by atoms with Crippen LogP contribution in [0.3, 0.4) is 0 Å². The van der Waals surface area contributed by atoms with E-state index in [1.165, 1.54) is 4.88 Å². The summed E-state index contributed by atoms with van der Waals surface area (Å²) >= 11 is 1.69. The Hall–Kier alpha value is -1.39. The number of aromatic nitrogens is 1. The molecular weight excluding hydrogens is 256 g/mol. The Bertz CT molecular complexity index is 549. The molecule has 2 rings (SSSR count). The lowest BCUT2D eigenvalue weighted by Crippen LogP contribution is -2.06. The molecule has 0 aliphatic carbocycles. The van der Waals surface area contributed by atoms with Crippen LogP contribution in [-0.4, -0.2) is 11.6 Å². The van der Waals surface area contributed by atoms with Gasteiger partial charge in [-0.15, -0.1) is 11.3 Å². The van der Waals surface area contributed by atoms with Crippen LogP contribution in [0.2, 0.25) is 0 Å². The van der Waals surface area contributed by atoms with Gasteiger partial charge in [0.2, 0.25) is 0 Å². The number of hydrogen-bond acceptors (Lipinski definition) is 4. The molecule has 1 atom stereocenters. The third kappa shape index (κ3) is 3.55. The number of ether oxygens (including phenoxy) is 1. The van der Waals surface area contributed by atoms with Crippen molar-refractivity contribution < 1.29 is 4.74 Å². The summed E-state index contributed by atoms with van der Waals surface area (Å²) in [6.45, 7) is 6.76. The summed E-state index contributed by atoms with van der Waals surface area (Å²) < 4.78 is 5.84. The van der Waals surface area contributed by atoms with Crippen LogP contribution in [0, 0.1) is 13.8 Å². The van der Waals surface area contributed by atoms with Gasteiger partial charge in [-0.1, -0.05) is 12.1 Å². The van der Waals surface area contributed by atoms with Crippen molar-refractivity contribution in [1.82, 2.24) is 4.98 Å². The van der Waals surface area contributed by atoms with Gasteiger partial charge in [-0.2, -0.15) is 0 Å². The van der Waals surface area contributed by atoms with E-state index in [9.17, 15) is 0 Å². The van der Waals surface area contributed by atoms with Gasteiger partial charge in [0.15, 0.2) is 0 Å². The van der Waals surface area contributed by atoms with Crippen molar-refractivity contribution in [3.8, 4) is 5.75 Å². The van der Waals surface area contributed by atoms with Gasteiger partial charge in [0.05, 0.1) is 17.8 Å². The Morgan fingerprint density at radius 2 is 2.16 bits per heavy atom. The molecule has 0 saturated heterocycles. The van der Waals surface area contributed by atoms with E-state index >= 15 is 0 Å². The standard InChI is InChI=1S/C15H20N2OS/c1-10-8-13(11(2)16)4-5-14(10)18-7-6-15-12(3)17-9-19-15/h4-5,8-9,11H,6-7,16H2,1-3H3/t11-/m0/s1. The molecule has 0 saturated carbocycles. The van der Waals surface area contributed by atoms with E-state index in [1.54, 1.807) is 11.3 Å². The molecule has 0 aliphatic rings. The lowest BCUT2D eigenvalue weighted by Gasteiger charge is -2.12. The molecule has 1 aromatic heterocycles. The Balaban J connectivity index is 1.95. The molecule has 2 aromatic rings. The second-order valence-electron chi connectivity index (χ2n) is 4.77. The minimum atomic E-state index is 0.0626. The van der Waals surface area contributed by atoms with Gasteiger partial charge in [0.1, 0.15) is 5.75 Å². The zero-order valence-electron chi connectivity index (χ0n) is 11.6. The highest BCUT2D eigenvalue weighted by Crippen LogP contribution is 2.22. The summed E-state index contributed by atoms with van der Waals surface area (Å²) in [7, 11) is 0. The minimum Gasteiger partial charge on any atom is -0.493 e. The molecule has 4 heteroatoms. The maximum Gasteiger partial charge on any atom is 0.122 e. The quantitative estimate of drug-likeness (QED) is 0.910. The molecule has 102 valence electrons. The van der Waals surface area contributed by atoms with Crippen LogP contribution < -0.4 is 10.5 Å². The van der Waals surface area contributed by atoms with Crippen molar-refractivity contribution in [2.45, 2.75) is 33.2 Å². The first-order valence-electron chi connectivity index (χ1n) is 6.46. The summed E-state index contributed by atoms with van der Waals surface area (Å²) in [5.74, 6) is 0.937. The first-order chi connectivity index (χ1) is 9.08. The predicted molar refractivity (Wildman–Crippen MR) is 79.8 cm³/mol. The van der Waals surface area contributed by atoms with Crippen molar-refractivity contribution in [3.63, 3.8) is 0 Å². The average molecular weight is 276 g/mol. The van der Waals surface area contributed by atoms with Crippen molar-refractivity contribution in [2.75, 3.05) is 6.61 Å². The largest absolute Gasteiger partial charge is 0.493 e. The molecular formula is C15H20N2OS. The molecule has 0 unspecified atom stereocenters. The van der Waals surface area contributed by atoms with Gasteiger partial charge in [-0.25, -0.2) is 4.98 Å². The molecule has 0 spiro atoms. The molecule has 0 bridgehead atoms. The van der Waals surface area contributed by atoms with Crippen LogP contribution in [-0.2, 0) is 6.42 Å². The summed E-state index contributed by atoms with van der Waals surface area (Å²) in [6.07, 6.45) is 0.908. The van der Waals surface area contributed by atoms with Gasteiger partial charge >= 0.3 is 0 Å². The SMILES string of the molecule is Cc1cc([C@H](C)N)ccc1OCCc1scnc1C. The Kier molecular flexibility index (Phi) is 4.56. The number of rotatable bonds is 5. The maximum atomic E-state index is 5.87. The van der Waals surface area contributed by atoms with Crippen LogP contribution in [0.15, 0.2) is 23.7 Å². The molecule has 0 fully saturated rings. The van der Waals surface area contributed by atoms with Gasteiger partial charge in [-0.3, -0.25) is 0 Å². The monoisotopic (exact) mass is 276 g/mol. The molecule has 3 nitrogen and oxygen atoms in total. The van der Waals surface area contributed by atoms with Crippen LogP contribution >= 0.6 is 11.3 Å². The van der Waals surface area contributed by atoms with Crippen molar-refractivity contribution >= 4 is 11.3 Å². The molecule has 1 heterocycles. The lowest BCUT2D eigenvalue weighted by molar-refractivity contribution is 0.320. The van der Waals surface area contributed by atoms with E-state index in [4.69, 9.17) is 10.5 Å². The third-order valence-electron chi connectivity index (χ3n) is 3.16. The molecule has 0 aliphatic heterocycles. The van der Waals surface area contributed by atoms with Crippen LogP contribution in [0.4, 0.5) is 0 Å². The maximum absolute atomic E-state index is 5.87. The third-order valence-corrected chi connectivity index (χ3v) is 4.15. The van der Waals surface area contributed by atoms with Gasteiger partial charge in [-0.05, 0) is 38.0 Å². The van der Waals surface area contributed by atoms with E-state index < -0.39 is 0 Å². The normalized spacial score (nSPS) is 12.4. The second-order valence-corrected chi connectivity index (χ2v) is 5.71. The van der Waals surface area contributed by atoms with E-state index in [-0.39, 0.29) is 6.04 Å². The first kappa shape index (κ1) is 14.0. The molecule has 0 amide bonds. The number of thiazole rings is 1. The van der Waals surface area contributed by atoms with E-state index in [0.29, 0.717) is 6.61 Å².